The average Bonchev–Trinajstić information content (AvgIpc) is 2.73. The van der Waals surface area contributed by atoms with Crippen LogP contribution in [0.1, 0.15) is 19.3 Å². The second-order valence-corrected chi connectivity index (χ2v) is 6.91. The molecule has 0 radical (unpaired) electrons. The summed E-state index contributed by atoms with van der Waals surface area (Å²) in [5, 5.41) is 9.79. The number of nitrogens with zero attached hydrogens (tertiary/aromatic N) is 1. The van der Waals surface area contributed by atoms with E-state index in [0.29, 0.717) is 28.0 Å². The van der Waals surface area contributed by atoms with Crippen molar-refractivity contribution in [2.45, 2.75) is 19.3 Å². The number of piperidine rings is 1. The molecule has 1 fully saturated rings. The van der Waals surface area contributed by atoms with E-state index in [9.17, 15) is 14.7 Å². The van der Waals surface area contributed by atoms with Gasteiger partial charge in [-0.2, -0.15) is 0 Å². The minimum atomic E-state index is -0.197. The molecule has 1 aliphatic rings. The molecule has 4 rings (SSSR count). The number of carbonyl (C=O) groups is 1. The molecule has 1 saturated heterocycles. The summed E-state index contributed by atoms with van der Waals surface area (Å²) in [6.07, 6.45) is 3.23. The Morgan fingerprint density at radius 3 is 2.54 bits per heavy atom. The Kier molecular flexibility index (Phi) is 5.02. The Morgan fingerprint density at radius 2 is 1.79 bits per heavy atom. The van der Waals surface area contributed by atoms with Crippen LogP contribution in [0, 0.1) is 0 Å². The molecule has 2 heterocycles. The Labute approximate surface area is 162 Å². The van der Waals surface area contributed by atoms with Gasteiger partial charge in [-0.1, -0.05) is 0 Å². The molecule has 2 aromatic carbocycles. The smallest absolute Gasteiger partial charge is 0.260 e. The maximum absolute atomic E-state index is 12.5. The molecule has 0 bridgehead atoms. The number of rotatable bonds is 4. The summed E-state index contributed by atoms with van der Waals surface area (Å²) in [5.74, 6) is 0.997. The molecule has 3 aromatic rings. The summed E-state index contributed by atoms with van der Waals surface area (Å²) in [6.45, 7) is 1.52. The van der Waals surface area contributed by atoms with Crippen LogP contribution in [0.4, 0.5) is 0 Å². The van der Waals surface area contributed by atoms with E-state index in [-0.39, 0.29) is 23.7 Å². The van der Waals surface area contributed by atoms with Gasteiger partial charge in [-0.3, -0.25) is 9.59 Å². The number of ether oxygens (including phenoxy) is 1. The molecular weight excluding hydrogens is 358 g/mol. The highest BCUT2D eigenvalue weighted by atomic mass is 16.5. The van der Waals surface area contributed by atoms with Gasteiger partial charge in [0, 0.05) is 24.7 Å². The highest BCUT2D eigenvalue weighted by Gasteiger charge is 2.17. The number of amides is 1. The fraction of sp³-hybridized carbons (Fsp3) is 0.273. The highest BCUT2D eigenvalue weighted by Crippen LogP contribution is 2.26. The van der Waals surface area contributed by atoms with E-state index in [4.69, 9.17) is 9.15 Å². The van der Waals surface area contributed by atoms with Crippen LogP contribution in [0.2, 0.25) is 0 Å². The highest BCUT2D eigenvalue weighted by molar-refractivity contribution is 5.81. The Balaban J connectivity index is 1.53. The maximum Gasteiger partial charge on any atom is 0.260 e. The van der Waals surface area contributed by atoms with Gasteiger partial charge in [0.05, 0.1) is 5.39 Å². The van der Waals surface area contributed by atoms with Crippen molar-refractivity contribution in [2.24, 2.45) is 0 Å². The summed E-state index contributed by atoms with van der Waals surface area (Å²) < 4.78 is 11.4. The standard InChI is InChI=1S/C22H21NO5/c24-16-6-4-15(5-7-16)21-13-19(25)18-12-17(8-9-20(18)28-21)27-14-22(26)23-10-2-1-3-11-23/h4-9,12-13,24H,1-3,10-11,14H2. The molecule has 0 aliphatic carbocycles. The molecule has 6 heteroatoms. The van der Waals surface area contributed by atoms with Gasteiger partial charge < -0.3 is 19.2 Å². The number of likely N-dealkylation sites (tertiary alicyclic amines) is 1. The van der Waals surface area contributed by atoms with Crippen molar-refractivity contribution in [1.29, 1.82) is 0 Å². The Hall–Kier alpha value is -3.28. The van der Waals surface area contributed by atoms with Gasteiger partial charge >= 0.3 is 0 Å². The third-order valence-electron chi connectivity index (χ3n) is 4.92. The molecule has 1 aromatic heterocycles. The van der Waals surface area contributed by atoms with E-state index in [1.54, 1.807) is 30.3 Å². The Morgan fingerprint density at radius 1 is 1.04 bits per heavy atom. The number of phenolic OH excluding ortho intramolecular Hbond substituents is 1. The van der Waals surface area contributed by atoms with Crippen molar-refractivity contribution in [1.82, 2.24) is 4.90 Å². The van der Waals surface area contributed by atoms with E-state index < -0.39 is 0 Å². The average molecular weight is 379 g/mol. The summed E-state index contributed by atoms with van der Waals surface area (Å²) >= 11 is 0. The topological polar surface area (TPSA) is 80.0 Å². The lowest BCUT2D eigenvalue weighted by Crippen LogP contribution is -2.38. The molecule has 1 N–H and O–H groups in total. The fourth-order valence-electron chi connectivity index (χ4n) is 3.37. The zero-order chi connectivity index (χ0) is 19.5. The summed E-state index contributed by atoms with van der Waals surface area (Å²) in [7, 11) is 0. The van der Waals surface area contributed by atoms with E-state index in [1.807, 2.05) is 4.90 Å². The molecule has 0 atom stereocenters. The molecular formula is C22H21NO5. The largest absolute Gasteiger partial charge is 0.508 e. The third-order valence-corrected chi connectivity index (χ3v) is 4.92. The summed E-state index contributed by atoms with van der Waals surface area (Å²) in [4.78, 5) is 26.6. The van der Waals surface area contributed by atoms with Crippen LogP contribution < -0.4 is 10.2 Å². The van der Waals surface area contributed by atoms with Gasteiger partial charge in [0.1, 0.15) is 22.8 Å². The molecule has 28 heavy (non-hydrogen) atoms. The van der Waals surface area contributed by atoms with Crippen LogP contribution in [0.5, 0.6) is 11.5 Å². The van der Waals surface area contributed by atoms with E-state index in [0.717, 1.165) is 32.4 Å². The summed E-state index contributed by atoms with van der Waals surface area (Å²) in [6, 6.07) is 12.8. The zero-order valence-corrected chi connectivity index (χ0v) is 15.4. The zero-order valence-electron chi connectivity index (χ0n) is 15.4. The number of fused-ring (bicyclic) bond motifs is 1. The first-order valence-electron chi connectivity index (χ1n) is 9.38. The lowest BCUT2D eigenvalue weighted by atomic mass is 10.1. The first kappa shape index (κ1) is 18.1. The molecule has 0 unspecified atom stereocenters. The van der Waals surface area contributed by atoms with Crippen LogP contribution in [-0.2, 0) is 4.79 Å². The number of hydrogen-bond acceptors (Lipinski definition) is 5. The van der Waals surface area contributed by atoms with Gasteiger partial charge in [0.2, 0.25) is 0 Å². The van der Waals surface area contributed by atoms with Crippen LogP contribution in [-0.4, -0.2) is 35.6 Å². The van der Waals surface area contributed by atoms with Crippen LogP contribution >= 0.6 is 0 Å². The first-order chi connectivity index (χ1) is 13.6. The van der Waals surface area contributed by atoms with Gasteiger partial charge in [-0.05, 0) is 61.7 Å². The predicted octanol–water partition coefficient (Wildman–Crippen LogP) is 3.56. The number of aromatic hydroxyl groups is 1. The predicted molar refractivity (Wildman–Crippen MR) is 106 cm³/mol. The van der Waals surface area contributed by atoms with E-state index in [2.05, 4.69) is 0 Å². The normalized spacial score (nSPS) is 14.2. The molecule has 1 amide bonds. The van der Waals surface area contributed by atoms with E-state index in [1.165, 1.54) is 18.2 Å². The molecule has 0 saturated carbocycles. The molecule has 6 nitrogen and oxygen atoms in total. The van der Waals surface area contributed by atoms with Gasteiger partial charge in [-0.15, -0.1) is 0 Å². The summed E-state index contributed by atoms with van der Waals surface area (Å²) in [5.41, 5.74) is 0.937. The van der Waals surface area contributed by atoms with Crippen molar-refractivity contribution < 1.29 is 19.1 Å². The number of benzene rings is 2. The molecule has 1 aliphatic heterocycles. The second kappa shape index (κ2) is 7.76. The Bertz CT molecular complexity index is 1050. The lowest BCUT2D eigenvalue weighted by molar-refractivity contribution is -0.134. The van der Waals surface area contributed by atoms with Gasteiger partial charge in [-0.25, -0.2) is 0 Å². The van der Waals surface area contributed by atoms with Crippen LogP contribution in [0.3, 0.4) is 0 Å². The quantitative estimate of drug-likeness (QED) is 0.750. The third kappa shape index (κ3) is 3.86. The van der Waals surface area contributed by atoms with Crippen LogP contribution in [0.25, 0.3) is 22.3 Å². The van der Waals surface area contributed by atoms with Crippen molar-refractivity contribution in [2.75, 3.05) is 19.7 Å². The van der Waals surface area contributed by atoms with E-state index >= 15 is 0 Å². The molecule has 144 valence electrons. The lowest BCUT2D eigenvalue weighted by Gasteiger charge is -2.26. The number of carbonyl (C=O) groups excluding carboxylic acids is 1. The van der Waals surface area contributed by atoms with Crippen molar-refractivity contribution in [3.8, 4) is 22.8 Å². The van der Waals surface area contributed by atoms with Gasteiger partial charge in [0.25, 0.3) is 5.91 Å². The van der Waals surface area contributed by atoms with Crippen LogP contribution in [0.15, 0.2) is 57.7 Å². The number of hydrogen-bond donors (Lipinski definition) is 1. The minimum Gasteiger partial charge on any atom is -0.508 e. The molecule has 0 spiro atoms. The SMILES string of the molecule is O=C(COc1ccc2oc(-c3ccc(O)cc3)cc(=O)c2c1)N1CCCCC1. The monoisotopic (exact) mass is 379 g/mol. The fourth-order valence-corrected chi connectivity index (χ4v) is 3.37. The van der Waals surface area contributed by atoms with Gasteiger partial charge in [0.15, 0.2) is 12.0 Å². The second-order valence-electron chi connectivity index (χ2n) is 6.91. The van der Waals surface area contributed by atoms with Crippen molar-refractivity contribution in [3.05, 3.63) is 58.8 Å². The van der Waals surface area contributed by atoms with Crippen molar-refractivity contribution in [3.63, 3.8) is 0 Å². The number of phenols is 1. The first-order valence-corrected chi connectivity index (χ1v) is 9.38. The minimum absolute atomic E-state index is 0.0329. The maximum atomic E-state index is 12.5. The van der Waals surface area contributed by atoms with Crippen molar-refractivity contribution >= 4 is 16.9 Å².